The Morgan fingerprint density at radius 2 is 1.81 bits per heavy atom. The van der Waals surface area contributed by atoms with Crippen molar-refractivity contribution in [1.82, 2.24) is 13.9 Å². The molecule has 1 aliphatic rings. The summed E-state index contributed by atoms with van der Waals surface area (Å²) >= 11 is 0. The van der Waals surface area contributed by atoms with Gasteiger partial charge in [-0.05, 0) is 25.8 Å². The summed E-state index contributed by atoms with van der Waals surface area (Å²) in [6.07, 6.45) is 6.41. The molecule has 21 heavy (non-hydrogen) atoms. The van der Waals surface area contributed by atoms with E-state index in [4.69, 9.17) is 0 Å². The molecular weight excluding hydrogens is 286 g/mol. The van der Waals surface area contributed by atoms with E-state index in [1.54, 1.807) is 11.4 Å². The Hall–Kier alpha value is -0.170. The second kappa shape index (κ2) is 9.08. The van der Waals surface area contributed by atoms with Gasteiger partial charge in [0, 0.05) is 32.2 Å². The Labute approximate surface area is 131 Å². The highest BCUT2D eigenvalue weighted by Crippen LogP contribution is 2.25. The molecule has 0 spiro atoms. The van der Waals surface area contributed by atoms with Crippen molar-refractivity contribution in [1.29, 1.82) is 0 Å². The SMILES string of the molecule is CCN(C1CCCCC1)S(=O)(=O)N(C)CCCNC(C)C. The maximum absolute atomic E-state index is 12.7. The molecule has 0 radical (unpaired) electrons. The molecule has 5 nitrogen and oxygen atoms in total. The molecule has 1 saturated carbocycles. The Balaban J connectivity index is 2.54. The third-order valence-corrected chi connectivity index (χ3v) is 6.31. The average molecular weight is 320 g/mol. The third kappa shape index (κ3) is 5.85. The number of nitrogens with one attached hydrogen (secondary N) is 1. The van der Waals surface area contributed by atoms with E-state index in [9.17, 15) is 8.42 Å². The van der Waals surface area contributed by atoms with Crippen molar-refractivity contribution in [3.8, 4) is 0 Å². The average Bonchev–Trinajstić information content (AvgIpc) is 2.44. The molecule has 0 aromatic rings. The largest absolute Gasteiger partial charge is 0.314 e. The highest BCUT2D eigenvalue weighted by Gasteiger charge is 2.32. The van der Waals surface area contributed by atoms with E-state index >= 15 is 0 Å². The smallest absolute Gasteiger partial charge is 0.281 e. The summed E-state index contributed by atoms with van der Waals surface area (Å²) in [5.74, 6) is 0. The predicted molar refractivity (Wildman–Crippen MR) is 88.6 cm³/mol. The van der Waals surface area contributed by atoms with Crippen molar-refractivity contribution in [2.75, 3.05) is 26.7 Å². The van der Waals surface area contributed by atoms with Crippen LogP contribution in [0.1, 0.15) is 59.3 Å². The van der Waals surface area contributed by atoms with Crippen LogP contribution in [0, 0.1) is 0 Å². The molecule has 0 aliphatic heterocycles. The van der Waals surface area contributed by atoms with E-state index in [1.165, 1.54) is 10.7 Å². The molecule has 1 fully saturated rings. The second-order valence-corrected chi connectivity index (χ2v) is 8.27. The lowest BCUT2D eigenvalue weighted by molar-refractivity contribution is 0.245. The number of hydrogen-bond acceptors (Lipinski definition) is 3. The molecule has 0 heterocycles. The van der Waals surface area contributed by atoms with Gasteiger partial charge >= 0.3 is 0 Å². The van der Waals surface area contributed by atoms with Crippen molar-refractivity contribution in [3.63, 3.8) is 0 Å². The molecule has 1 N–H and O–H groups in total. The van der Waals surface area contributed by atoms with Crippen LogP contribution in [0.15, 0.2) is 0 Å². The first-order valence-corrected chi connectivity index (χ1v) is 9.75. The zero-order chi connectivity index (χ0) is 15.9. The van der Waals surface area contributed by atoms with E-state index in [2.05, 4.69) is 19.2 Å². The topological polar surface area (TPSA) is 52.7 Å². The molecule has 0 aromatic carbocycles. The van der Waals surface area contributed by atoms with Crippen LogP contribution in [-0.4, -0.2) is 55.8 Å². The Morgan fingerprint density at radius 3 is 2.33 bits per heavy atom. The first-order valence-electron chi connectivity index (χ1n) is 8.36. The summed E-state index contributed by atoms with van der Waals surface area (Å²) in [5.41, 5.74) is 0. The van der Waals surface area contributed by atoms with Gasteiger partial charge in [-0.2, -0.15) is 17.0 Å². The lowest BCUT2D eigenvalue weighted by Gasteiger charge is -2.35. The normalized spacial score (nSPS) is 18.0. The molecule has 0 atom stereocenters. The highest BCUT2D eigenvalue weighted by atomic mass is 32.2. The van der Waals surface area contributed by atoms with Gasteiger partial charge in [0.1, 0.15) is 0 Å². The minimum atomic E-state index is -3.31. The van der Waals surface area contributed by atoms with Gasteiger partial charge in [-0.1, -0.05) is 40.0 Å². The maximum atomic E-state index is 12.7. The lowest BCUT2D eigenvalue weighted by Crippen LogP contribution is -2.48. The molecule has 1 rings (SSSR count). The minimum absolute atomic E-state index is 0.199. The van der Waals surface area contributed by atoms with Crippen LogP contribution in [0.4, 0.5) is 0 Å². The lowest BCUT2D eigenvalue weighted by atomic mass is 9.95. The zero-order valence-corrected chi connectivity index (χ0v) is 15.0. The number of nitrogens with zero attached hydrogens (tertiary/aromatic N) is 2. The minimum Gasteiger partial charge on any atom is -0.314 e. The first kappa shape index (κ1) is 18.9. The zero-order valence-electron chi connectivity index (χ0n) is 14.1. The van der Waals surface area contributed by atoms with Crippen LogP contribution in [0.5, 0.6) is 0 Å². The maximum Gasteiger partial charge on any atom is 0.281 e. The van der Waals surface area contributed by atoms with Gasteiger partial charge in [-0.15, -0.1) is 0 Å². The summed E-state index contributed by atoms with van der Waals surface area (Å²) in [5, 5.41) is 3.32. The van der Waals surface area contributed by atoms with Crippen molar-refractivity contribution in [2.24, 2.45) is 0 Å². The van der Waals surface area contributed by atoms with Crippen molar-refractivity contribution in [2.45, 2.75) is 71.4 Å². The van der Waals surface area contributed by atoms with Crippen molar-refractivity contribution < 1.29 is 8.42 Å². The van der Waals surface area contributed by atoms with E-state index in [0.717, 1.165) is 38.6 Å². The van der Waals surface area contributed by atoms with Crippen molar-refractivity contribution in [3.05, 3.63) is 0 Å². The summed E-state index contributed by atoms with van der Waals surface area (Å²) in [4.78, 5) is 0. The van der Waals surface area contributed by atoms with Crippen LogP contribution in [0.2, 0.25) is 0 Å². The fourth-order valence-electron chi connectivity index (χ4n) is 2.97. The molecule has 0 aromatic heterocycles. The molecular formula is C15H33N3O2S. The van der Waals surface area contributed by atoms with E-state index in [0.29, 0.717) is 19.1 Å². The highest BCUT2D eigenvalue weighted by molar-refractivity contribution is 7.86. The van der Waals surface area contributed by atoms with Crippen LogP contribution in [0.25, 0.3) is 0 Å². The quantitative estimate of drug-likeness (QED) is 0.663. The van der Waals surface area contributed by atoms with Gasteiger partial charge in [0.25, 0.3) is 10.2 Å². The van der Waals surface area contributed by atoms with E-state index < -0.39 is 10.2 Å². The molecule has 0 bridgehead atoms. The predicted octanol–water partition coefficient (Wildman–Crippen LogP) is 2.21. The van der Waals surface area contributed by atoms with Crippen LogP contribution >= 0.6 is 0 Å². The fraction of sp³-hybridized carbons (Fsp3) is 1.00. The standard InChI is InChI=1S/C15H33N3O2S/c1-5-18(15-10-7-6-8-11-15)21(19,20)17(4)13-9-12-16-14(2)3/h14-16H,5-13H2,1-4H3. The molecule has 0 amide bonds. The van der Waals surface area contributed by atoms with Crippen LogP contribution in [-0.2, 0) is 10.2 Å². The molecule has 0 unspecified atom stereocenters. The van der Waals surface area contributed by atoms with Crippen LogP contribution in [0.3, 0.4) is 0 Å². The van der Waals surface area contributed by atoms with E-state index in [-0.39, 0.29) is 6.04 Å². The van der Waals surface area contributed by atoms with Gasteiger partial charge in [0.05, 0.1) is 0 Å². The Bertz CT molecular complexity index is 378. The molecule has 1 aliphatic carbocycles. The van der Waals surface area contributed by atoms with Crippen LogP contribution < -0.4 is 5.32 Å². The number of rotatable bonds is 9. The Kier molecular flexibility index (Phi) is 8.16. The molecule has 126 valence electrons. The van der Waals surface area contributed by atoms with E-state index in [1.807, 2.05) is 6.92 Å². The summed E-state index contributed by atoms with van der Waals surface area (Å²) < 4.78 is 28.7. The van der Waals surface area contributed by atoms with Gasteiger partial charge in [-0.3, -0.25) is 0 Å². The third-order valence-electron chi connectivity index (χ3n) is 4.19. The monoisotopic (exact) mass is 319 g/mol. The fourth-order valence-corrected chi connectivity index (χ4v) is 4.60. The Morgan fingerprint density at radius 1 is 1.19 bits per heavy atom. The van der Waals surface area contributed by atoms with Gasteiger partial charge in [0.2, 0.25) is 0 Å². The van der Waals surface area contributed by atoms with Gasteiger partial charge in [0.15, 0.2) is 0 Å². The first-order chi connectivity index (χ1) is 9.89. The molecule has 0 saturated heterocycles. The summed E-state index contributed by atoms with van der Waals surface area (Å²) in [6, 6.07) is 0.645. The van der Waals surface area contributed by atoms with Gasteiger partial charge in [-0.25, -0.2) is 0 Å². The summed E-state index contributed by atoms with van der Waals surface area (Å²) in [7, 11) is -1.61. The number of hydrogen-bond donors (Lipinski definition) is 1. The van der Waals surface area contributed by atoms with Gasteiger partial charge < -0.3 is 5.32 Å². The van der Waals surface area contributed by atoms with Crippen molar-refractivity contribution >= 4 is 10.2 Å². The molecule has 6 heteroatoms. The second-order valence-electron chi connectivity index (χ2n) is 6.29. The summed E-state index contributed by atoms with van der Waals surface area (Å²) in [6.45, 7) is 8.14.